The number of hydrogen-bond donors (Lipinski definition) is 1. The second kappa shape index (κ2) is 9.12. The summed E-state index contributed by atoms with van der Waals surface area (Å²) in [6.07, 6.45) is 2.11. The molecule has 0 bridgehead atoms. The van der Waals surface area contributed by atoms with Crippen molar-refractivity contribution in [2.45, 2.75) is 12.8 Å². The number of para-hydroxylation sites is 1. The Balaban J connectivity index is 1.41. The predicted octanol–water partition coefficient (Wildman–Crippen LogP) is 5.03. The molecule has 164 valence electrons. The molecule has 33 heavy (non-hydrogen) atoms. The Morgan fingerprint density at radius 2 is 1.42 bits per heavy atom. The van der Waals surface area contributed by atoms with Gasteiger partial charge in [0.2, 0.25) is 0 Å². The zero-order chi connectivity index (χ0) is 22.6. The highest BCUT2D eigenvalue weighted by Crippen LogP contribution is 2.23. The van der Waals surface area contributed by atoms with Gasteiger partial charge >= 0.3 is 0 Å². The fourth-order valence-electron chi connectivity index (χ4n) is 4.05. The van der Waals surface area contributed by atoms with Gasteiger partial charge in [-0.15, -0.1) is 0 Å². The van der Waals surface area contributed by atoms with E-state index in [1.165, 1.54) is 0 Å². The summed E-state index contributed by atoms with van der Waals surface area (Å²) in [4.78, 5) is 27.7. The Hall–Kier alpha value is -4.19. The Morgan fingerprint density at radius 3 is 2.09 bits per heavy atom. The third-order valence-corrected chi connectivity index (χ3v) is 5.80. The Morgan fingerprint density at radius 1 is 0.788 bits per heavy atom. The van der Waals surface area contributed by atoms with Crippen molar-refractivity contribution in [3.8, 4) is 16.9 Å². The van der Waals surface area contributed by atoms with Crippen LogP contribution in [0.25, 0.3) is 16.9 Å². The Bertz CT molecular complexity index is 1260. The van der Waals surface area contributed by atoms with Gasteiger partial charge in [-0.3, -0.25) is 9.59 Å². The molecule has 0 atom stereocenters. The molecule has 2 heterocycles. The molecular weight excluding hydrogens is 412 g/mol. The normalized spacial score (nSPS) is 13.2. The number of carbonyl (C=O) groups excluding carboxylic acids is 2. The van der Waals surface area contributed by atoms with Crippen LogP contribution in [-0.4, -0.2) is 39.6 Å². The Labute approximate surface area is 192 Å². The maximum atomic E-state index is 13.2. The van der Waals surface area contributed by atoms with Crippen molar-refractivity contribution in [3.63, 3.8) is 0 Å². The number of rotatable bonds is 5. The molecule has 1 aromatic heterocycles. The van der Waals surface area contributed by atoms with E-state index in [0.29, 0.717) is 16.9 Å². The van der Waals surface area contributed by atoms with Crippen molar-refractivity contribution < 1.29 is 9.59 Å². The van der Waals surface area contributed by atoms with E-state index in [9.17, 15) is 9.59 Å². The van der Waals surface area contributed by atoms with Gasteiger partial charge in [-0.1, -0.05) is 48.5 Å². The highest BCUT2D eigenvalue weighted by Gasteiger charge is 2.20. The molecule has 6 nitrogen and oxygen atoms in total. The van der Waals surface area contributed by atoms with E-state index in [-0.39, 0.29) is 11.8 Å². The second-order valence-electron chi connectivity index (χ2n) is 8.06. The number of benzene rings is 3. The van der Waals surface area contributed by atoms with E-state index < -0.39 is 0 Å². The number of nitrogens with zero attached hydrogens (tertiary/aromatic N) is 3. The van der Waals surface area contributed by atoms with Crippen LogP contribution in [0.4, 0.5) is 5.69 Å². The standard InChI is InChI=1S/C27H24N4O2/c32-26(28-22-15-13-21(14-16-22)27(33)30-17-7-8-18-30)25-19-24(20-9-3-1-4-10-20)29-31(25)23-11-5-2-6-12-23/h1-6,9-16,19H,7-8,17-18H2,(H,28,32). The molecule has 0 aliphatic carbocycles. The number of aromatic nitrogens is 2. The average Bonchev–Trinajstić information content (AvgIpc) is 3.56. The number of anilines is 1. The van der Waals surface area contributed by atoms with Crippen LogP contribution >= 0.6 is 0 Å². The summed E-state index contributed by atoms with van der Waals surface area (Å²) in [6.45, 7) is 1.62. The summed E-state index contributed by atoms with van der Waals surface area (Å²) in [7, 11) is 0. The molecule has 3 aromatic carbocycles. The van der Waals surface area contributed by atoms with Crippen molar-refractivity contribution in [3.05, 3.63) is 102 Å². The highest BCUT2D eigenvalue weighted by molar-refractivity contribution is 6.04. The van der Waals surface area contributed by atoms with Crippen LogP contribution in [0.3, 0.4) is 0 Å². The van der Waals surface area contributed by atoms with Gasteiger partial charge in [-0.05, 0) is 55.3 Å². The number of carbonyl (C=O) groups is 2. The summed E-state index contributed by atoms with van der Waals surface area (Å²) in [6, 6.07) is 28.2. The minimum Gasteiger partial charge on any atom is -0.339 e. The minimum atomic E-state index is -0.271. The third kappa shape index (κ3) is 4.41. The van der Waals surface area contributed by atoms with Crippen LogP contribution in [-0.2, 0) is 0 Å². The van der Waals surface area contributed by atoms with Gasteiger partial charge in [0, 0.05) is 29.9 Å². The molecule has 1 fully saturated rings. The van der Waals surface area contributed by atoms with Gasteiger partial charge < -0.3 is 10.2 Å². The molecule has 5 rings (SSSR count). The summed E-state index contributed by atoms with van der Waals surface area (Å²) in [5, 5.41) is 7.64. The highest BCUT2D eigenvalue weighted by atomic mass is 16.2. The van der Waals surface area contributed by atoms with E-state index in [0.717, 1.165) is 42.9 Å². The Kier molecular flexibility index (Phi) is 5.72. The molecule has 6 heteroatoms. The van der Waals surface area contributed by atoms with E-state index in [4.69, 9.17) is 5.10 Å². The maximum Gasteiger partial charge on any atom is 0.274 e. The van der Waals surface area contributed by atoms with Crippen molar-refractivity contribution >= 4 is 17.5 Å². The fraction of sp³-hybridized carbons (Fsp3) is 0.148. The molecule has 0 spiro atoms. The zero-order valence-corrected chi connectivity index (χ0v) is 18.1. The van der Waals surface area contributed by atoms with Crippen LogP contribution < -0.4 is 5.32 Å². The predicted molar refractivity (Wildman–Crippen MR) is 129 cm³/mol. The first kappa shape index (κ1) is 20.7. The minimum absolute atomic E-state index is 0.0417. The molecular formula is C27H24N4O2. The van der Waals surface area contributed by atoms with Crippen LogP contribution in [0.5, 0.6) is 0 Å². The lowest BCUT2D eigenvalue weighted by Gasteiger charge is -2.15. The first-order valence-corrected chi connectivity index (χ1v) is 11.1. The number of hydrogen-bond acceptors (Lipinski definition) is 3. The van der Waals surface area contributed by atoms with Gasteiger partial charge in [0.25, 0.3) is 11.8 Å². The molecule has 0 saturated carbocycles. The third-order valence-electron chi connectivity index (χ3n) is 5.80. The maximum absolute atomic E-state index is 13.2. The number of likely N-dealkylation sites (tertiary alicyclic amines) is 1. The summed E-state index contributed by atoms with van der Waals surface area (Å²) >= 11 is 0. The smallest absolute Gasteiger partial charge is 0.274 e. The molecule has 4 aromatic rings. The van der Waals surface area contributed by atoms with Crippen LogP contribution in [0.15, 0.2) is 91.0 Å². The van der Waals surface area contributed by atoms with Gasteiger partial charge in [0.15, 0.2) is 0 Å². The molecule has 1 aliphatic heterocycles. The molecule has 0 radical (unpaired) electrons. The molecule has 2 amide bonds. The van der Waals surface area contributed by atoms with E-state index in [2.05, 4.69) is 5.32 Å². The molecule has 1 N–H and O–H groups in total. The second-order valence-corrected chi connectivity index (χ2v) is 8.06. The van der Waals surface area contributed by atoms with Crippen molar-refractivity contribution in [2.75, 3.05) is 18.4 Å². The summed E-state index contributed by atoms with van der Waals surface area (Å²) in [5.41, 5.74) is 4.14. The first-order chi connectivity index (χ1) is 16.2. The average molecular weight is 437 g/mol. The lowest BCUT2D eigenvalue weighted by Crippen LogP contribution is -2.27. The van der Waals surface area contributed by atoms with Gasteiger partial charge in [-0.2, -0.15) is 5.10 Å². The van der Waals surface area contributed by atoms with E-state index >= 15 is 0 Å². The fourth-order valence-corrected chi connectivity index (χ4v) is 4.05. The quantitative estimate of drug-likeness (QED) is 0.477. The largest absolute Gasteiger partial charge is 0.339 e. The number of amides is 2. The van der Waals surface area contributed by atoms with E-state index in [1.54, 1.807) is 35.0 Å². The van der Waals surface area contributed by atoms with Gasteiger partial charge in [-0.25, -0.2) is 4.68 Å². The lowest BCUT2D eigenvalue weighted by molar-refractivity contribution is 0.0792. The van der Waals surface area contributed by atoms with Crippen molar-refractivity contribution in [1.29, 1.82) is 0 Å². The SMILES string of the molecule is O=C(Nc1ccc(C(=O)N2CCCC2)cc1)c1cc(-c2ccccc2)nn1-c1ccccc1. The lowest BCUT2D eigenvalue weighted by atomic mass is 10.1. The van der Waals surface area contributed by atoms with Crippen LogP contribution in [0.2, 0.25) is 0 Å². The van der Waals surface area contributed by atoms with Crippen LogP contribution in [0, 0.1) is 0 Å². The van der Waals surface area contributed by atoms with E-state index in [1.807, 2.05) is 65.6 Å². The molecule has 1 aliphatic rings. The molecule has 1 saturated heterocycles. The van der Waals surface area contributed by atoms with Crippen molar-refractivity contribution in [2.24, 2.45) is 0 Å². The topological polar surface area (TPSA) is 67.2 Å². The monoisotopic (exact) mass is 436 g/mol. The van der Waals surface area contributed by atoms with Crippen molar-refractivity contribution in [1.82, 2.24) is 14.7 Å². The summed E-state index contributed by atoms with van der Waals surface area (Å²) < 4.78 is 1.66. The van der Waals surface area contributed by atoms with Crippen LogP contribution in [0.1, 0.15) is 33.7 Å². The van der Waals surface area contributed by atoms with Gasteiger partial charge in [0.05, 0.1) is 11.4 Å². The summed E-state index contributed by atoms with van der Waals surface area (Å²) in [5.74, 6) is -0.229. The zero-order valence-electron chi connectivity index (χ0n) is 18.1. The number of nitrogens with one attached hydrogen (secondary N) is 1. The molecule has 0 unspecified atom stereocenters. The first-order valence-electron chi connectivity index (χ1n) is 11.1. The van der Waals surface area contributed by atoms with Gasteiger partial charge in [0.1, 0.15) is 5.69 Å².